The van der Waals surface area contributed by atoms with E-state index in [2.05, 4.69) is 12.2 Å². The van der Waals surface area contributed by atoms with Gasteiger partial charge in [0.1, 0.15) is 0 Å². The Labute approximate surface area is 164 Å². The Kier molecular flexibility index (Phi) is 7.65. The topological polar surface area (TPSA) is 63.6 Å². The van der Waals surface area contributed by atoms with Gasteiger partial charge in [0, 0.05) is 28.7 Å². The number of benzene rings is 1. The Hall–Kier alpha value is -1.46. The average Bonchev–Trinajstić information content (AvgIpc) is 3.25. The van der Waals surface area contributed by atoms with Crippen molar-refractivity contribution in [1.29, 1.82) is 0 Å². The minimum absolute atomic E-state index is 0.234. The number of carboxylic acid groups (broad SMARTS) is 1. The van der Waals surface area contributed by atoms with Crippen LogP contribution in [-0.2, 0) is 26.1 Å². The molecule has 1 aromatic rings. The number of allylic oxidation sites excluding steroid dienone is 2. The van der Waals surface area contributed by atoms with E-state index in [1.54, 1.807) is 0 Å². The van der Waals surface area contributed by atoms with Crippen LogP contribution in [0.15, 0.2) is 42.5 Å². The average molecular weight is 391 g/mol. The van der Waals surface area contributed by atoms with Gasteiger partial charge < -0.3 is 9.84 Å². The van der Waals surface area contributed by atoms with Crippen LogP contribution in [0.3, 0.4) is 0 Å². The highest BCUT2D eigenvalue weighted by Crippen LogP contribution is 2.46. The van der Waals surface area contributed by atoms with Gasteiger partial charge in [-0.2, -0.15) is 0 Å². The fourth-order valence-electron chi connectivity index (χ4n) is 4.44. The maximum absolute atomic E-state index is 12.5. The van der Waals surface area contributed by atoms with Gasteiger partial charge in [0.15, 0.2) is 0 Å². The van der Waals surface area contributed by atoms with Crippen LogP contribution in [0.4, 0.5) is 0 Å². The van der Waals surface area contributed by atoms with Crippen molar-refractivity contribution in [3.63, 3.8) is 0 Å². The van der Waals surface area contributed by atoms with Gasteiger partial charge >= 0.3 is 5.97 Å². The summed E-state index contributed by atoms with van der Waals surface area (Å²) in [4.78, 5) is 10.5. The second-order valence-electron chi connectivity index (χ2n) is 7.67. The highest BCUT2D eigenvalue weighted by atomic mass is 32.2. The summed E-state index contributed by atoms with van der Waals surface area (Å²) in [6.07, 6.45) is 11.0. The number of fused-ring (bicyclic) bond motifs is 2. The number of rotatable bonds is 11. The summed E-state index contributed by atoms with van der Waals surface area (Å²) in [6, 6.07) is 10.1. The van der Waals surface area contributed by atoms with E-state index < -0.39 is 16.8 Å². The largest absolute Gasteiger partial charge is 0.481 e. The molecular formula is C22H30O4S. The van der Waals surface area contributed by atoms with Crippen molar-refractivity contribution in [3.8, 4) is 0 Å². The Morgan fingerprint density at radius 3 is 2.63 bits per heavy atom. The molecule has 0 aliphatic carbocycles. The summed E-state index contributed by atoms with van der Waals surface area (Å²) in [5.74, 6) is 1.68. The smallest absolute Gasteiger partial charge is 0.303 e. The van der Waals surface area contributed by atoms with E-state index in [1.807, 2.05) is 30.3 Å². The van der Waals surface area contributed by atoms with Crippen LogP contribution < -0.4 is 0 Å². The van der Waals surface area contributed by atoms with E-state index in [9.17, 15) is 9.00 Å². The highest BCUT2D eigenvalue weighted by Gasteiger charge is 2.47. The Balaban J connectivity index is 1.44. The number of carboxylic acids is 1. The zero-order valence-electron chi connectivity index (χ0n) is 15.8. The van der Waals surface area contributed by atoms with Crippen molar-refractivity contribution in [1.82, 2.24) is 0 Å². The number of ether oxygens (including phenoxy) is 1. The molecule has 0 radical (unpaired) electrons. The van der Waals surface area contributed by atoms with Gasteiger partial charge in [-0.3, -0.25) is 9.00 Å². The fourth-order valence-corrected chi connectivity index (χ4v) is 5.68. The van der Waals surface area contributed by atoms with Crippen molar-refractivity contribution in [2.75, 3.05) is 5.75 Å². The first kappa shape index (κ1) is 20.3. The molecule has 2 saturated heterocycles. The predicted octanol–water partition coefficient (Wildman–Crippen LogP) is 4.32. The van der Waals surface area contributed by atoms with E-state index in [-0.39, 0.29) is 6.42 Å². The first-order valence-electron chi connectivity index (χ1n) is 10.0. The van der Waals surface area contributed by atoms with Gasteiger partial charge in [-0.1, -0.05) is 42.5 Å². The van der Waals surface area contributed by atoms with Crippen LogP contribution in [0, 0.1) is 11.8 Å². The zero-order valence-corrected chi connectivity index (χ0v) is 16.6. The molecule has 0 saturated carbocycles. The third-order valence-corrected chi connectivity index (χ3v) is 7.12. The molecule has 0 aromatic heterocycles. The summed E-state index contributed by atoms with van der Waals surface area (Å²) in [7, 11) is -0.828. The first-order chi connectivity index (χ1) is 13.1. The first-order valence-corrected chi connectivity index (χ1v) is 11.5. The maximum Gasteiger partial charge on any atom is 0.303 e. The molecule has 0 spiro atoms. The van der Waals surface area contributed by atoms with E-state index in [0.717, 1.165) is 43.4 Å². The second-order valence-corrected chi connectivity index (χ2v) is 9.25. The van der Waals surface area contributed by atoms with Gasteiger partial charge in [0.05, 0.1) is 12.2 Å². The summed E-state index contributed by atoms with van der Waals surface area (Å²) >= 11 is 0. The molecule has 2 heterocycles. The van der Waals surface area contributed by atoms with Gasteiger partial charge in [-0.25, -0.2) is 0 Å². The maximum atomic E-state index is 12.5. The van der Waals surface area contributed by atoms with Crippen molar-refractivity contribution in [3.05, 3.63) is 48.0 Å². The molecule has 5 heteroatoms. The summed E-state index contributed by atoms with van der Waals surface area (Å²) in [5, 5.41) is 8.68. The minimum atomic E-state index is -0.828. The lowest BCUT2D eigenvalue weighted by molar-refractivity contribution is -0.137. The normalized spacial score (nSPS) is 28.0. The highest BCUT2D eigenvalue weighted by molar-refractivity contribution is 7.84. The lowest BCUT2D eigenvalue weighted by Gasteiger charge is -2.27. The van der Waals surface area contributed by atoms with E-state index >= 15 is 0 Å². The molecule has 2 aliphatic heterocycles. The third kappa shape index (κ3) is 6.01. The van der Waals surface area contributed by atoms with E-state index in [0.29, 0.717) is 36.2 Å². The summed E-state index contributed by atoms with van der Waals surface area (Å²) < 4.78 is 18.6. The number of carbonyl (C=O) groups is 1. The minimum Gasteiger partial charge on any atom is -0.481 e. The van der Waals surface area contributed by atoms with Crippen LogP contribution in [-0.4, -0.2) is 33.2 Å². The second kappa shape index (κ2) is 10.2. The van der Waals surface area contributed by atoms with Crippen LogP contribution in [0.2, 0.25) is 0 Å². The molecule has 1 unspecified atom stereocenters. The van der Waals surface area contributed by atoms with Crippen LogP contribution >= 0.6 is 0 Å². The molecule has 2 aliphatic rings. The van der Waals surface area contributed by atoms with Crippen molar-refractivity contribution in [2.24, 2.45) is 11.8 Å². The number of unbranched alkanes of at least 4 members (excludes halogenated alkanes) is 1. The van der Waals surface area contributed by atoms with Gasteiger partial charge in [-0.15, -0.1) is 0 Å². The van der Waals surface area contributed by atoms with Crippen LogP contribution in [0.1, 0.15) is 50.5 Å². The quantitative estimate of drug-likeness (QED) is 0.451. The number of aliphatic carboxylic acids is 1. The van der Waals surface area contributed by atoms with Crippen molar-refractivity contribution in [2.45, 2.75) is 62.9 Å². The van der Waals surface area contributed by atoms with Gasteiger partial charge in [0.25, 0.3) is 0 Å². The number of hydrogen-bond acceptors (Lipinski definition) is 3. The van der Waals surface area contributed by atoms with E-state index in [1.165, 1.54) is 0 Å². The predicted molar refractivity (Wildman–Crippen MR) is 108 cm³/mol. The molecule has 0 amide bonds. The number of hydrogen-bond donors (Lipinski definition) is 1. The Morgan fingerprint density at radius 1 is 1.15 bits per heavy atom. The van der Waals surface area contributed by atoms with Crippen LogP contribution in [0.25, 0.3) is 0 Å². The molecule has 5 atom stereocenters. The van der Waals surface area contributed by atoms with Gasteiger partial charge in [-0.05, 0) is 55.9 Å². The fraction of sp³-hybridized carbons (Fsp3) is 0.591. The summed E-state index contributed by atoms with van der Waals surface area (Å²) in [6.45, 7) is 0. The molecule has 1 N–H and O–H groups in total. The molecule has 1 aromatic carbocycles. The Bertz CT molecular complexity index is 658. The molecule has 27 heavy (non-hydrogen) atoms. The zero-order chi connectivity index (χ0) is 19.1. The van der Waals surface area contributed by atoms with Crippen LogP contribution in [0.5, 0.6) is 0 Å². The lowest BCUT2D eigenvalue weighted by atomic mass is 9.76. The van der Waals surface area contributed by atoms with Crippen molar-refractivity contribution >= 4 is 16.8 Å². The third-order valence-electron chi connectivity index (χ3n) is 5.78. The molecule has 4 nitrogen and oxygen atoms in total. The molecule has 2 bridgehead atoms. The monoisotopic (exact) mass is 390 g/mol. The van der Waals surface area contributed by atoms with E-state index in [4.69, 9.17) is 9.84 Å². The molecule has 2 fully saturated rings. The SMILES string of the molecule is O=C(O)CCCC=CC[C@@H]1[C@H](CCS(=O)Cc2ccccc2)[C@@H]2CC[C@H]1O2. The standard InChI is InChI=1S/C22H30O4S/c23-22(24)11-7-2-1-6-10-18-19(21-13-12-20(18)26-21)14-15-27(25)16-17-8-4-3-5-9-17/h1,3-6,8-9,18-21H,2,7,10-16H2,(H,23,24)/t18-,19+,20-,21+,27?/m1/s1. The lowest BCUT2D eigenvalue weighted by Crippen LogP contribution is -2.28. The van der Waals surface area contributed by atoms with Gasteiger partial charge in [0.2, 0.25) is 0 Å². The molecule has 148 valence electrons. The molecule has 3 rings (SSSR count). The van der Waals surface area contributed by atoms with Crippen molar-refractivity contribution < 1.29 is 18.8 Å². The summed E-state index contributed by atoms with van der Waals surface area (Å²) in [5.41, 5.74) is 1.14. The Morgan fingerprint density at radius 2 is 1.89 bits per heavy atom. The molecular weight excluding hydrogens is 360 g/mol.